The van der Waals surface area contributed by atoms with Crippen LogP contribution in [-0.2, 0) is 17.4 Å². The normalized spacial score (nSPS) is 11.4. The number of nitrogens with one attached hydrogen (secondary N) is 2. The topological polar surface area (TPSA) is 71.1 Å². The molecule has 0 radical (unpaired) electrons. The van der Waals surface area contributed by atoms with Crippen LogP contribution in [0.1, 0.15) is 27.9 Å². The smallest absolute Gasteiger partial charge is 0.273 e. The molecule has 3 aromatic rings. The predicted molar refractivity (Wildman–Crippen MR) is 95.0 cm³/mol. The Morgan fingerprint density at radius 3 is 2.67 bits per heavy atom. The maximum absolute atomic E-state index is 12.7. The number of aromatic nitrogens is 1. The number of aryl methyl sites for hydroxylation is 1. The van der Waals surface area contributed by atoms with Crippen molar-refractivity contribution in [3.05, 3.63) is 64.7 Å². The minimum atomic E-state index is -4.43. The lowest BCUT2D eigenvalue weighted by atomic mass is 10.1. The second-order valence-electron chi connectivity index (χ2n) is 5.74. The summed E-state index contributed by atoms with van der Waals surface area (Å²) in [4.78, 5) is 28.0. The Labute approximate surface area is 156 Å². The number of carbonyl (C=O) groups is 2. The molecule has 1 heterocycles. The van der Waals surface area contributed by atoms with Gasteiger partial charge in [-0.15, -0.1) is 11.3 Å². The number of hydrogen-bond acceptors (Lipinski definition) is 4. The first-order chi connectivity index (χ1) is 12.8. The molecule has 0 saturated heterocycles. The fraction of sp³-hybridized carbons (Fsp3) is 0.167. The Morgan fingerprint density at radius 1 is 1.07 bits per heavy atom. The van der Waals surface area contributed by atoms with Crippen LogP contribution in [0.15, 0.2) is 48.0 Å². The Morgan fingerprint density at radius 2 is 1.89 bits per heavy atom. The highest BCUT2D eigenvalue weighted by Crippen LogP contribution is 2.29. The van der Waals surface area contributed by atoms with Crippen molar-refractivity contribution < 1.29 is 22.8 Å². The van der Waals surface area contributed by atoms with Crippen LogP contribution < -0.4 is 10.9 Å². The first kappa shape index (κ1) is 18.8. The van der Waals surface area contributed by atoms with Crippen LogP contribution in [0.4, 0.5) is 13.2 Å². The van der Waals surface area contributed by atoms with Crippen molar-refractivity contribution in [1.29, 1.82) is 0 Å². The highest BCUT2D eigenvalue weighted by Gasteiger charge is 2.30. The van der Waals surface area contributed by atoms with Crippen LogP contribution in [0.3, 0.4) is 0 Å². The van der Waals surface area contributed by atoms with Gasteiger partial charge < -0.3 is 0 Å². The average Bonchev–Trinajstić information content (AvgIpc) is 3.11. The largest absolute Gasteiger partial charge is 0.416 e. The lowest BCUT2D eigenvalue weighted by Crippen LogP contribution is -2.41. The zero-order valence-corrected chi connectivity index (χ0v) is 14.7. The number of nitrogens with zero attached hydrogens (tertiary/aromatic N) is 1. The van der Waals surface area contributed by atoms with Crippen molar-refractivity contribution in [3.8, 4) is 0 Å². The van der Waals surface area contributed by atoms with E-state index in [9.17, 15) is 22.8 Å². The van der Waals surface area contributed by atoms with E-state index >= 15 is 0 Å². The molecule has 0 fully saturated rings. The van der Waals surface area contributed by atoms with Crippen LogP contribution >= 0.6 is 11.3 Å². The summed E-state index contributed by atoms with van der Waals surface area (Å²) in [5.41, 5.74) is 7.01. The number of hydrogen-bond donors (Lipinski definition) is 2. The third-order valence-corrected chi connectivity index (χ3v) is 4.60. The second kappa shape index (κ2) is 7.75. The van der Waals surface area contributed by atoms with Gasteiger partial charge in [0.25, 0.3) is 5.91 Å². The molecule has 5 nitrogen and oxygen atoms in total. The van der Waals surface area contributed by atoms with Crippen LogP contribution in [0.25, 0.3) is 10.2 Å². The van der Waals surface area contributed by atoms with E-state index in [4.69, 9.17) is 0 Å². The highest BCUT2D eigenvalue weighted by atomic mass is 32.1. The highest BCUT2D eigenvalue weighted by molar-refractivity contribution is 7.16. The number of hydrazine groups is 1. The lowest BCUT2D eigenvalue weighted by Gasteiger charge is -2.09. The molecule has 0 aliphatic rings. The van der Waals surface area contributed by atoms with E-state index in [0.717, 1.165) is 22.3 Å². The van der Waals surface area contributed by atoms with Gasteiger partial charge in [-0.25, -0.2) is 4.98 Å². The van der Waals surface area contributed by atoms with Gasteiger partial charge in [0.2, 0.25) is 5.91 Å². The molecular formula is C18H14F3N3O2S. The molecule has 3 rings (SSSR count). The summed E-state index contributed by atoms with van der Waals surface area (Å²) in [7, 11) is 0. The number of carbonyl (C=O) groups excluding carboxylic acids is 2. The zero-order valence-electron chi connectivity index (χ0n) is 13.8. The number of amides is 2. The van der Waals surface area contributed by atoms with Crippen molar-refractivity contribution in [2.24, 2.45) is 0 Å². The number of fused-ring (bicyclic) bond motifs is 1. The van der Waals surface area contributed by atoms with Gasteiger partial charge >= 0.3 is 6.18 Å². The molecule has 0 aliphatic heterocycles. The molecule has 0 aliphatic carbocycles. The average molecular weight is 393 g/mol. The van der Waals surface area contributed by atoms with Crippen molar-refractivity contribution in [2.45, 2.75) is 19.0 Å². The zero-order chi connectivity index (χ0) is 19.4. The molecule has 0 saturated carbocycles. The summed E-state index contributed by atoms with van der Waals surface area (Å²) in [6.07, 6.45) is -4.36. The summed E-state index contributed by atoms with van der Waals surface area (Å²) in [5, 5.41) is 0. The van der Waals surface area contributed by atoms with Gasteiger partial charge in [0.05, 0.1) is 21.3 Å². The maximum Gasteiger partial charge on any atom is 0.416 e. The third kappa shape index (κ3) is 4.82. The fourth-order valence-electron chi connectivity index (χ4n) is 2.42. The van der Waals surface area contributed by atoms with Gasteiger partial charge in [-0.2, -0.15) is 13.2 Å². The molecule has 0 spiro atoms. The van der Waals surface area contributed by atoms with E-state index < -0.39 is 23.6 Å². The Kier molecular flexibility index (Phi) is 5.41. The van der Waals surface area contributed by atoms with Crippen molar-refractivity contribution in [3.63, 3.8) is 0 Å². The van der Waals surface area contributed by atoms with E-state index in [0.29, 0.717) is 11.1 Å². The molecule has 9 heteroatoms. The van der Waals surface area contributed by atoms with Crippen LogP contribution in [0, 0.1) is 0 Å². The number of thiazole rings is 1. The van der Waals surface area contributed by atoms with Gasteiger partial charge in [0.15, 0.2) is 0 Å². The summed E-state index contributed by atoms with van der Waals surface area (Å²) in [6, 6.07) is 9.76. The molecule has 0 atom stereocenters. The van der Waals surface area contributed by atoms with Crippen molar-refractivity contribution in [2.75, 3.05) is 0 Å². The number of halogens is 3. The first-order valence-corrected chi connectivity index (χ1v) is 8.79. The summed E-state index contributed by atoms with van der Waals surface area (Å²) < 4.78 is 38.9. The van der Waals surface area contributed by atoms with E-state index in [-0.39, 0.29) is 12.8 Å². The number of alkyl halides is 3. The molecule has 27 heavy (non-hydrogen) atoms. The van der Waals surface area contributed by atoms with Crippen molar-refractivity contribution in [1.82, 2.24) is 15.8 Å². The Hall–Kier alpha value is -2.94. The van der Waals surface area contributed by atoms with E-state index in [1.807, 2.05) is 0 Å². The molecule has 2 N–H and O–H groups in total. The van der Waals surface area contributed by atoms with Gasteiger partial charge in [0.1, 0.15) is 0 Å². The monoisotopic (exact) mass is 393 g/mol. The van der Waals surface area contributed by atoms with E-state index in [2.05, 4.69) is 15.8 Å². The van der Waals surface area contributed by atoms with Crippen molar-refractivity contribution >= 4 is 33.4 Å². The SMILES string of the molecule is O=C(CCc1cccc(C(F)(F)F)c1)NNC(=O)c1ccc2ncsc2c1. The van der Waals surface area contributed by atoms with E-state index in [1.165, 1.54) is 23.5 Å². The number of rotatable bonds is 4. The fourth-order valence-corrected chi connectivity index (χ4v) is 3.13. The minimum absolute atomic E-state index is 0.0600. The van der Waals surface area contributed by atoms with Gasteiger partial charge in [-0.05, 0) is 36.2 Å². The molecule has 140 valence electrons. The minimum Gasteiger partial charge on any atom is -0.273 e. The van der Waals surface area contributed by atoms with Crippen LogP contribution in [-0.4, -0.2) is 16.8 Å². The third-order valence-electron chi connectivity index (χ3n) is 3.80. The quantitative estimate of drug-likeness (QED) is 0.664. The molecule has 2 aromatic carbocycles. The maximum atomic E-state index is 12.7. The Balaban J connectivity index is 1.51. The second-order valence-corrected chi connectivity index (χ2v) is 6.62. The molecular weight excluding hydrogens is 379 g/mol. The molecule has 0 unspecified atom stereocenters. The Bertz CT molecular complexity index is 985. The van der Waals surface area contributed by atoms with E-state index in [1.54, 1.807) is 23.7 Å². The first-order valence-electron chi connectivity index (χ1n) is 7.91. The predicted octanol–water partition coefficient (Wildman–Crippen LogP) is 3.71. The van der Waals surface area contributed by atoms with Gasteiger partial charge in [-0.1, -0.05) is 18.2 Å². The molecule has 1 aromatic heterocycles. The van der Waals surface area contributed by atoms with Crippen LogP contribution in [0.5, 0.6) is 0 Å². The van der Waals surface area contributed by atoms with Crippen LogP contribution in [0.2, 0.25) is 0 Å². The van der Waals surface area contributed by atoms with Gasteiger partial charge in [0, 0.05) is 12.0 Å². The summed E-state index contributed by atoms with van der Waals surface area (Å²) >= 11 is 1.39. The molecule has 2 amide bonds. The standard InChI is InChI=1S/C18H14F3N3O2S/c19-18(20,21)13-3-1-2-11(8-13)4-7-16(25)23-24-17(26)12-5-6-14-15(9-12)27-10-22-14/h1-3,5-6,8-10H,4,7H2,(H,23,25)(H,24,26). The molecule has 0 bridgehead atoms. The van der Waals surface area contributed by atoms with Gasteiger partial charge in [-0.3, -0.25) is 20.4 Å². The summed E-state index contributed by atoms with van der Waals surface area (Å²) in [6.45, 7) is 0. The lowest BCUT2D eigenvalue weighted by molar-refractivity contribution is -0.137. The number of benzene rings is 2. The summed E-state index contributed by atoms with van der Waals surface area (Å²) in [5.74, 6) is -0.989.